The van der Waals surface area contributed by atoms with E-state index in [0.717, 1.165) is 40.9 Å². The first-order valence-corrected chi connectivity index (χ1v) is 23.5. The van der Waals surface area contributed by atoms with Crippen molar-refractivity contribution in [2.45, 2.75) is 141 Å². The Kier molecular flexibility index (Phi) is 13.7. The summed E-state index contributed by atoms with van der Waals surface area (Å²) in [5.74, 6) is -0.475. The molecule has 4 N–H and O–H groups in total. The summed E-state index contributed by atoms with van der Waals surface area (Å²) in [7, 11) is -2.05. The third-order valence-electron chi connectivity index (χ3n) is 11.6. The number of aryl methyl sites for hydroxylation is 1. The molecule has 6 rings (SSSR count). The lowest BCUT2D eigenvalue weighted by Gasteiger charge is -2.28. The molecule has 3 heterocycles. The van der Waals surface area contributed by atoms with Gasteiger partial charge in [0.15, 0.2) is 0 Å². The van der Waals surface area contributed by atoms with Crippen LogP contribution in [0.2, 0.25) is 0 Å². The average molecular weight is 881 g/mol. The number of ether oxygens (including phenoxy) is 3. The van der Waals surface area contributed by atoms with E-state index >= 15 is 0 Å². The van der Waals surface area contributed by atoms with Crippen LogP contribution in [0.15, 0.2) is 35.7 Å². The first-order valence-electron chi connectivity index (χ1n) is 21.1. The number of nitrogens with one attached hydrogen (secondary N) is 2. The number of alkyl carbamates (subject to hydrolysis) is 1. The number of benzene rings is 1. The van der Waals surface area contributed by atoms with Crippen molar-refractivity contribution >= 4 is 56.1 Å². The van der Waals surface area contributed by atoms with Gasteiger partial charge in [-0.3, -0.25) is 19.1 Å². The predicted octanol–water partition coefficient (Wildman–Crippen LogP) is 6.67. The molecular weight excluding hydrogens is 821 g/mol. The summed E-state index contributed by atoms with van der Waals surface area (Å²) in [6.45, 7) is 13.0. The number of methoxy groups -OCH3 is 1. The molecule has 0 unspecified atom stereocenters. The Morgan fingerprint density at radius 3 is 2.46 bits per heavy atom. The lowest BCUT2D eigenvalue weighted by molar-refractivity contribution is -0.139. The molecule has 3 fully saturated rings. The molecule has 0 spiro atoms. The number of nitrogens with zero attached hydrogens (tertiary/aromatic N) is 3. The lowest BCUT2D eigenvalue weighted by atomic mass is 10.0. The zero-order valence-electron chi connectivity index (χ0n) is 36.4. The molecule has 2 aliphatic carbocycles. The number of likely N-dealkylation sites (tertiary alicyclic amines) is 1. The Hall–Kier alpha value is -4.77. The van der Waals surface area contributed by atoms with Gasteiger partial charge in [0.25, 0.3) is 0 Å². The van der Waals surface area contributed by atoms with Crippen LogP contribution in [-0.4, -0.2) is 89.3 Å². The van der Waals surface area contributed by atoms with Gasteiger partial charge in [-0.1, -0.05) is 38.8 Å². The number of nitrogens with two attached hydrogens (primary N) is 1. The van der Waals surface area contributed by atoms with Crippen molar-refractivity contribution in [3.8, 4) is 22.2 Å². The van der Waals surface area contributed by atoms with Gasteiger partial charge in [-0.15, -0.1) is 11.3 Å². The van der Waals surface area contributed by atoms with Crippen molar-refractivity contribution in [1.82, 2.24) is 24.9 Å². The number of rotatable bonds is 18. The molecule has 5 atom stereocenters. The zero-order chi connectivity index (χ0) is 44.4. The van der Waals surface area contributed by atoms with Crippen molar-refractivity contribution in [2.24, 2.45) is 17.6 Å². The van der Waals surface area contributed by atoms with Crippen molar-refractivity contribution in [3.63, 3.8) is 0 Å². The second kappa shape index (κ2) is 18.3. The van der Waals surface area contributed by atoms with E-state index in [0.29, 0.717) is 54.8 Å². The first-order chi connectivity index (χ1) is 28.7. The van der Waals surface area contributed by atoms with Crippen molar-refractivity contribution in [2.75, 3.05) is 13.7 Å². The van der Waals surface area contributed by atoms with Crippen molar-refractivity contribution in [1.29, 1.82) is 0 Å². The molecule has 2 saturated carbocycles. The summed E-state index contributed by atoms with van der Waals surface area (Å²) in [4.78, 5) is 64.0. The number of aromatic nitrogens is 2. The fraction of sp³-hybridized carbons (Fsp3) is 0.591. The molecule has 1 aromatic carbocycles. The van der Waals surface area contributed by atoms with Gasteiger partial charge >= 0.3 is 6.09 Å². The van der Waals surface area contributed by atoms with Crippen LogP contribution < -0.4 is 25.2 Å². The number of carbonyl (C=O) groups is 4. The standard InChI is InChI=1S/C44H60N6O9S2/c1-25(2)33-24-60-40(47-33)32-22-36(29-16-17-35(57-8)26(3)37(29)46-32)58-28-21-34(38(45)51)50(23-28)41(53)31(48-42(54)59-43(4,5)6)15-13-11-9-10-12-14-27-20-30(27)39(52)49-61(55,56)44(7)18-19-44/h12,14,16-17,22,24-25,27-28,30-31,34H,9-11,13,15,18-21,23H2,1-8H3,(H2,45,51)(H,48,54)(H,49,52)/b14-12-/t27-,28-,30+,31+,34+/m1/s1. The Bertz CT molecular complexity index is 2280. The number of amides is 4. The molecule has 17 heteroatoms. The summed E-state index contributed by atoms with van der Waals surface area (Å²) in [5, 5.41) is 6.24. The second-order valence-electron chi connectivity index (χ2n) is 18.1. The van der Waals surface area contributed by atoms with E-state index in [4.69, 9.17) is 29.9 Å². The fourth-order valence-corrected chi connectivity index (χ4v) is 9.77. The topological polar surface area (TPSA) is 209 Å². The molecule has 0 bridgehead atoms. The van der Waals surface area contributed by atoms with Gasteiger partial charge in [-0.25, -0.2) is 23.2 Å². The molecule has 3 aromatic rings. The molecule has 1 aliphatic heterocycles. The molecule has 0 radical (unpaired) electrons. The van der Waals surface area contributed by atoms with Crippen LogP contribution in [0.1, 0.15) is 117 Å². The van der Waals surface area contributed by atoms with E-state index in [2.05, 4.69) is 23.9 Å². The van der Waals surface area contributed by atoms with Crippen LogP contribution >= 0.6 is 11.3 Å². The minimum Gasteiger partial charge on any atom is -0.496 e. The normalized spacial score (nSPS) is 21.4. The van der Waals surface area contributed by atoms with Gasteiger partial charge in [0.2, 0.25) is 27.7 Å². The number of hydrogen-bond acceptors (Lipinski definition) is 12. The van der Waals surface area contributed by atoms with Crippen LogP contribution in [0.3, 0.4) is 0 Å². The number of allylic oxidation sites excluding steroid dienone is 2. The van der Waals surface area contributed by atoms with E-state index in [1.54, 1.807) is 34.8 Å². The van der Waals surface area contributed by atoms with E-state index in [1.165, 1.54) is 16.2 Å². The van der Waals surface area contributed by atoms with Crippen LogP contribution in [-0.2, 0) is 29.1 Å². The number of unbranched alkanes of at least 4 members (excludes halogenated alkanes) is 3. The van der Waals surface area contributed by atoms with Gasteiger partial charge in [0.1, 0.15) is 46.0 Å². The number of hydrogen-bond donors (Lipinski definition) is 3. The van der Waals surface area contributed by atoms with E-state index in [1.807, 2.05) is 42.7 Å². The monoisotopic (exact) mass is 880 g/mol. The highest BCUT2D eigenvalue weighted by Crippen LogP contribution is 2.44. The van der Waals surface area contributed by atoms with Gasteiger partial charge in [0, 0.05) is 34.7 Å². The highest BCUT2D eigenvalue weighted by Gasteiger charge is 2.52. The first kappa shape index (κ1) is 45.7. The maximum Gasteiger partial charge on any atom is 0.408 e. The van der Waals surface area contributed by atoms with E-state index in [9.17, 15) is 27.6 Å². The Labute approximate surface area is 362 Å². The fourth-order valence-electron chi connectivity index (χ4n) is 7.52. The minimum atomic E-state index is -3.65. The Morgan fingerprint density at radius 2 is 1.82 bits per heavy atom. The van der Waals surface area contributed by atoms with Gasteiger partial charge < -0.3 is 30.2 Å². The maximum absolute atomic E-state index is 14.3. The SMILES string of the molecule is COc1ccc2c(O[C@@H]3C[C@@H](C(N)=O)N(C(=O)[C@H](CCCCC/C=C\[C@@H]4C[C@@H]4C(=O)NS(=O)(=O)C4(C)CC4)NC(=O)OC(C)(C)C)C3)cc(-c3nc(C(C)C)cs3)nc2c1C. The van der Waals surface area contributed by atoms with Crippen LogP contribution in [0, 0.1) is 18.8 Å². The van der Waals surface area contributed by atoms with Crippen LogP contribution in [0.25, 0.3) is 21.6 Å². The minimum absolute atomic E-state index is 0.0107. The quantitative estimate of drug-likeness (QED) is 0.0908. The van der Waals surface area contributed by atoms with Crippen molar-refractivity contribution in [3.05, 3.63) is 47.0 Å². The van der Waals surface area contributed by atoms with E-state index in [-0.39, 0.29) is 30.7 Å². The number of pyridine rings is 1. The van der Waals surface area contributed by atoms with Crippen LogP contribution in [0.4, 0.5) is 4.79 Å². The Balaban J connectivity index is 1.11. The largest absolute Gasteiger partial charge is 0.496 e. The smallest absolute Gasteiger partial charge is 0.408 e. The number of primary amides is 1. The molecule has 1 saturated heterocycles. The second-order valence-corrected chi connectivity index (χ2v) is 21.2. The number of thiazole rings is 1. The molecule has 4 amide bonds. The predicted molar refractivity (Wildman–Crippen MR) is 234 cm³/mol. The molecule has 332 valence electrons. The number of sulfonamides is 1. The van der Waals surface area contributed by atoms with Crippen LogP contribution in [0.5, 0.6) is 11.5 Å². The molecule has 15 nitrogen and oxygen atoms in total. The summed E-state index contributed by atoms with van der Waals surface area (Å²) < 4.78 is 44.1. The number of fused-ring (bicyclic) bond motifs is 1. The average Bonchev–Trinajstić information content (AvgIpc) is 4.02. The van der Waals surface area contributed by atoms with Gasteiger partial charge in [-0.05, 0) is 97.1 Å². The number of carbonyl (C=O) groups excluding carboxylic acids is 4. The summed E-state index contributed by atoms with van der Waals surface area (Å²) in [6.07, 6.45) is 7.64. The Morgan fingerprint density at radius 1 is 1.08 bits per heavy atom. The van der Waals surface area contributed by atoms with E-state index < -0.39 is 62.4 Å². The van der Waals surface area contributed by atoms with Gasteiger partial charge in [0.05, 0.1) is 29.6 Å². The third-order valence-corrected chi connectivity index (χ3v) is 14.7. The lowest BCUT2D eigenvalue weighted by Crippen LogP contribution is -2.53. The molecule has 2 aromatic heterocycles. The maximum atomic E-state index is 14.3. The summed E-state index contributed by atoms with van der Waals surface area (Å²) in [5.41, 5.74) is 8.20. The summed E-state index contributed by atoms with van der Waals surface area (Å²) >= 11 is 1.49. The molecule has 3 aliphatic rings. The molecular formula is C44H60N6O9S2. The summed E-state index contributed by atoms with van der Waals surface area (Å²) in [6, 6.07) is 3.60. The molecule has 61 heavy (non-hydrogen) atoms. The highest BCUT2D eigenvalue weighted by atomic mass is 32.2. The van der Waals surface area contributed by atoms with Gasteiger partial charge in [-0.2, -0.15) is 0 Å². The zero-order valence-corrected chi connectivity index (χ0v) is 38.0. The third kappa shape index (κ3) is 11.0. The van der Waals surface area contributed by atoms with Crippen molar-refractivity contribution < 1.29 is 41.8 Å². The highest BCUT2D eigenvalue weighted by molar-refractivity contribution is 7.91.